The van der Waals surface area contributed by atoms with Gasteiger partial charge in [-0.1, -0.05) is 11.3 Å². The monoisotopic (exact) mass is 143 g/mol. The molecule has 48 valence electrons. The van der Waals surface area contributed by atoms with Crippen molar-refractivity contribution in [3.63, 3.8) is 0 Å². The van der Waals surface area contributed by atoms with Gasteiger partial charge in [-0.25, -0.2) is 0 Å². The minimum atomic E-state index is 0.335. The Balaban J connectivity index is 2.51. The van der Waals surface area contributed by atoms with E-state index in [0.717, 1.165) is 15.8 Å². The van der Waals surface area contributed by atoms with Crippen molar-refractivity contribution in [2.45, 2.75) is 0 Å². The van der Waals surface area contributed by atoms with Gasteiger partial charge in [0, 0.05) is 6.07 Å². The average Bonchev–Trinajstić information content (AvgIpc) is 2.22. The second-order valence-electron chi connectivity index (χ2n) is 1.71. The van der Waals surface area contributed by atoms with Crippen molar-refractivity contribution in [1.82, 2.24) is 0 Å². The number of hydrogen-bond acceptors (Lipinski definition) is 4. The normalized spacial score (nSPS) is 14.2. The summed E-state index contributed by atoms with van der Waals surface area (Å²) in [5, 5.41) is 1.53. The van der Waals surface area contributed by atoms with E-state index in [4.69, 9.17) is 15.2 Å². The van der Waals surface area contributed by atoms with Crippen LogP contribution in [0.1, 0.15) is 0 Å². The molecule has 0 saturated heterocycles. The summed E-state index contributed by atoms with van der Waals surface area (Å²) in [7, 11) is 0. The first kappa shape index (κ1) is 4.93. The van der Waals surface area contributed by atoms with Crippen molar-refractivity contribution in [2.24, 2.45) is 0 Å². The first-order valence-electron chi connectivity index (χ1n) is 2.51. The second kappa shape index (κ2) is 1.54. The molecule has 2 heterocycles. The molecule has 9 heavy (non-hydrogen) atoms. The third-order valence-corrected chi connectivity index (χ3v) is 1.95. The molecule has 0 spiro atoms. The van der Waals surface area contributed by atoms with E-state index in [-0.39, 0.29) is 0 Å². The van der Waals surface area contributed by atoms with Crippen LogP contribution in [0.25, 0.3) is 0 Å². The number of ether oxygens (including phenoxy) is 2. The highest BCUT2D eigenvalue weighted by Crippen LogP contribution is 2.41. The molecule has 2 rings (SSSR count). The van der Waals surface area contributed by atoms with Crippen LogP contribution in [0, 0.1) is 0 Å². The van der Waals surface area contributed by atoms with E-state index in [1.807, 2.05) is 0 Å². The van der Waals surface area contributed by atoms with E-state index >= 15 is 0 Å². The van der Waals surface area contributed by atoms with Crippen molar-refractivity contribution >= 4 is 16.3 Å². The van der Waals surface area contributed by atoms with Gasteiger partial charge in [0.15, 0.2) is 5.75 Å². The van der Waals surface area contributed by atoms with E-state index in [9.17, 15) is 0 Å². The lowest BCUT2D eigenvalue weighted by atomic mass is 10.6. The van der Waals surface area contributed by atoms with Crippen LogP contribution >= 0.6 is 11.3 Å². The molecular weight excluding hydrogens is 138 g/mol. The van der Waals surface area contributed by atoms with Crippen LogP contribution in [0.4, 0.5) is 5.00 Å². The lowest BCUT2D eigenvalue weighted by Crippen LogP contribution is -1.93. The summed E-state index contributed by atoms with van der Waals surface area (Å²) in [4.78, 5) is 0. The van der Waals surface area contributed by atoms with Gasteiger partial charge in [-0.05, 0) is 0 Å². The van der Waals surface area contributed by atoms with Crippen molar-refractivity contribution < 1.29 is 9.47 Å². The third kappa shape index (κ3) is 0.632. The summed E-state index contributed by atoms with van der Waals surface area (Å²) >= 11 is 1.41. The zero-order chi connectivity index (χ0) is 6.27. The molecule has 0 radical (unpaired) electrons. The number of nitrogen functional groups attached to an aromatic ring is 1. The molecule has 1 aliphatic rings. The summed E-state index contributed by atoms with van der Waals surface area (Å²) in [5.41, 5.74) is 5.45. The molecule has 0 atom stereocenters. The fourth-order valence-electron chi connectivity index (χ4n) is 0.723. The minimum absolute atomic E-state index is 0.335. The topological polar surface area (TPSA) is 44.5 Å². The number of nitrogens with two attached hydrogens (primary N) is 1. The highest BCUT2D eigenvalue weighted by molar-refractivity contribution is 7.18. The van der Waals surface area contributed by atoms with Crippen LogP contribution in [-0.4, -0.2) is 6.79 Å². The van der Waals surface area contributed by atoms with Crippen LogP contribution in [0.3, 0.4) is 0 Å². The maximum absolute atomic E-state index is 5.45. The van der Waals surface area contributed by atoms with Crippen LogP contribution in [0.15, 0.2) is 6.07 Å². The molecule has 1 aromatic rings. The van der Waals surface area contributed by atoms with Crippen molar-refractivity contribution in [2.75, 3.05) is 12.5 Å². The summed E-state index contributed by atoms with van der Waals surface area (Å²) < 4.78 is 10.1. The summed E-state index contributed by atoms with van der Waals surface area (Å²) in [6.07, 6.45) is 0. The first-order chi connectivity index (χ1) is 4.36. The highest BCUT2D eigenvalue weighted by Gasteiger charge is 2.15. The minimum Gasteiger partial charge on any atom is -0.453 e. The zero-order valence-corrected chi connectivity index (χ0v) is 5.40. The Kier molecular flexibility index (Phi) is 0.843. The Hall–Kier alpha value is -0.900. The molecule has 0 amide bonds. The molecule has 3 nitrogen and oxygen atoms in total. The Bertz CT molecular complexity index is 211. The smallest absolute Gasteiger partial charge is 0.232 e. The maximum Gasteiger partial charge on any atom is 0.232 e. The zero-order valence-electron chi connectivity index (χ0n) is 4.59. The summed E-state index contributed by atoms with van der Waals surface area (Å²) in [6, 6.07) is 1.77. The van der Waals surface area contributed by atoms with E-state index in [1.54, 1.807) is 6.07 Å². The predicted octanol–water partition coefficient (Wildman–Crippen LogP) is 1.06. The molecule has 0 fully saturated rings. The van der Waals surface area contributed by atoms with Gasteiger partial charge in [0.05, 0.1) is 5.00 Å². The molecule has 0 bridgehead atoms. The molecule has 4 heteroatoms. The standard InChI is InChI=1S/C5H5NO2S/c6-4-1-3-5(9-4)8-2-7-3/h1H,2,6H2. The summed E-state index contributed by atoms with van der Waals surface area (Å²) in [6.45, 7) is 0.335. The number of rotatable bonds is 0. The number of fused-ring (bicyclic) bond motifs is 1. The lowest BCUT2D eigenvalue weighted by molar-refractivity contribution is 0.176. The maximum atomic E-state index is 5.45. The molecule has 2 N–H and O–H groups in total. The second-order valence-corrected chi connectivity index (χ2v) is 2.75. The van der Waals surface area contributed by atoms with Gasteiger partial charge in [-0.3, -0.25) is 0 Å². The Morgan fingerprint density at radius 3 is 3.22 bits per heavy atom. The van der Waals surface area contributed by atoms with Crippen LogP contribution < -0.4 is 15.2 Å². The fourth-order valence-corrected chi connectivity index (χ4v) is 1.43. The van der Waals surface area contributed by atoms with Gasteiger partial charge in [0.25, 0.3) is 0 Å². The fraction of sp³-hybridized carbons (Fsp3) is 0.200. The van der Waals surface area contributed by atoms with Crippen LogP contribution in [-0.2, 0) is 0 Å². The van der Waals surface area contributed by atoms with Crippen molar-refractivity contribution in [1.29, 1.82) is 0 Å². The van der Waals surface area contributed by atoms with Crippen LogP contribution in [0.2, 0.25) is 0 Å². The Morgan fingerprint density at radius 1 is 1.56 bits per heavy atom. The molecule has 1 aliphatic heterocycles. The van der Waals surface area contributed by atoms with E-state index in [0.29, 0.717) is 6.79 Å². The Labute approximate surface area is 56.0 Å². The molecule has 0 aliphatic carbocycles. The van der Waals surface area contributed by atoms with Gasteiger partial charge >= 0.3 is 0 Å². The van der Waals surface area contributed by atoms with Crippen LogP contribution in [0.5, 0.6) is 10.8 Å². The first-order valence-corrected chi connectivity index (χ1v) is 3.33. The molecule has 0 aromatic carbocycles. The number of thiophene rings is 1. The molecule has 1 aromatic heterocycles. The average molecular weight is 143 g/mol. The van der Waals surface area contributed by atoms with Gasteiger partial charge < -0.3 is 15.2 Å². The van der Waals surface area contributed by atoms with Gasteiger partial charge in [0.2, 0.25) is 11.9 Å². The lowest BCUT2D eigenvalue weighted by Gasteiger charge is -1.88. The van der Waals surface area contributed by atoms with E-state index in [1.165, 1.54) is 11.3 Å². The molecule has 0 unspecified atom stereocenters. The molecule has 0 saturated carbocycles. The van der Waals surface area contributed by atoms with Gasteiger partial charge in [0.1, 0.15) is 0 Å². The SMILES string of the molecule is Nc1cc2c(s1)OCO2. The molecular formula is C5H5NO2S. The largest absolute Gasteiger partial charge is 0.453 e. The number of hydrogen-bond donors (Lipinski definition) is 1. The summed E-state index contributed by atoms with van der Waals surface area (Å²) in [5.74, 6) is 0.775. The van der Waals surface area contributed by atoms with Crippen molar-refractivity contribution in [3.05, 3.63) is 6.07 Å². The highest BCUT2D eigenvalue weighted by atomic mass is 32.1. The van der Waals surface area contributed by atoms with Gasteiger partial charge in [-0.2, -0.15) is 0 Å². The third-order valence-electron chi connectivity index (χ3n) is 1.09. The van der Waals surface area contributed by atoms with Gasteiger partial charge in [-0.15, -0.1) is 0 Å². The number of anilines is 1. The van der Waals surface area contributed by atoms with E-state index in [2.05, 4.69) is 0 Å². The predicted molar refractivity (Wildman–Crippen MR) is 34.9 cm³/mol. The van der Waals surface area contributed by atoms with E-state index < -0.39 is 0 Å². The quantitative estimate of drug-likeness (QED) is 0.590. The van der Waals surface area contributed by atoms with Crippen molar-refractivity contribution in [3.8, 4) is 10.8 Å². The Morgan fingerprint density at radius 2 is 2.44 bits per heavy atom.